The van der Waals surface area contributed by atoms with Crippen molar-refractivity contribution in [3.05, 3.63) is 150 Å². The predicted octanol–water partition coefficient (Wildman–Crippen LogP) is 11.1. The van der Waals surface area contributed by atoms with Crippen molar-refractivity contribution in [2.45, 2.75) is 46.0 Å². The molecule has 0 saturated heterocycles. The van der Waals surface area contributed by atoms with Crippen molar-refractivity contribution in [3.63, 3.8) is 0 Å². The molecule has 0 radical (unpaired) electrons. The molecular weight excluding hydrogens is 607 g/mol. The van der Waals surface area contributed by atoms with Gasteiger partial charge in [-0.3, -0.25) is 0 Å². The molecule has 2 heteroatoms. The fraction of sp³-hybridized carbons (Fsp3) is 0.149. The number of hydrogen-bond donors (Lipinski definition) is 0. The van der Waals surface area contributed by atoms with Crippen LogP contribution in [0.3, 0.4) is 0 Å². The molecule has 1 atom stereocenters. The van der Waals surface area contributed by atoms with Gasteiger partial charge in [-0.15, -0.1) is 11.3 Å². The molecule has 0 fully saturated rings. The molecule has 2 aliphatic heterocycles. The molecule has 1 aromatic heterocycles. The lowest BCUT2D eigenvalue weighted by Crippen LogP contribution is -2.59. The van der Waals surface area contributed by atoms with Gasteiger partial charge in [-0.05, 0) is 94.1 Å². The molecule has 8 aromatic rings. The van der Waals surface area contributed by atoms with Gasteiger partial charge in [0.15, 0.2) is 0 Å². The molecule has 234 valence electrons. The first-order valence-electron chi connectivity index (χ1n) is 17.6. The van der Waals surface area contributed by atoms with E-state index in [4.69, 9.17) is 0 Å². The summed E-state index contributed by atoms with van der Waals surface area (Å²) in [6.07, 6.45) is 0. The number of hydrogen-bond acceptors (Lipinski definition) is 1. The summed E-state index contributed by atoms with van der Waals surface area (Å²) in [5, 5.41) is 8.12. The van der Waals surface area contributed by atoms with Crippen molar-refractivity contribution in [2.75, 3.05) is 0 Å². The summed E-state index contributed by atoms with van der Waals surface area (Å²) in [7, 11) is 0. The number of benzene rings is 7. The zero-order valence-corrected chi connectivity index (χ0v) is 29.5. The Bertz CT molecular complexity index is 2670. The van der Waals surface area contributed by atoms with Gasteiger partial charge in [-0.25, -0.2) is 0 Å². The van der Waals surface area contributed by atoms with E-state index >= 15 is 0 Å². The van der Waals surface area contributed by atoms with E-state index in [0.717, 1.165) is 0 Å². The average molecular weight is 645 g/mol. The molecule has 3 heterocycles. The Balaban J connectivity index is 1.40. The van der Waals surface area contributed by atoms with E-state index in [1.165, 1.54) is 103 Å². The minimum Gasteiger partial charge on any atom is -0.148 e. The van der Waals surface area contributed by atoms with Crippen LogP contribution in [0.5, 0.6) is 0 Å². The van der Waals surface area contributed by atoms with Gasteiger partial charge in [0.1, 0.15) is 0 Å². The topological polar surface area (TPSA) is 0 Å². The van der Waals surface area contributed by atoms with E-state index < -0.39 is 0 Å². The summed E-state index contributed by atoms with van der Waals surface area (Å²) in [6.45, 7) is 12.1. The molecule has 0 saturated carbocycles. The maximum absolute atomic E-state index is 2.57. The Morgan fingerprint density at radius 3 is 2.10 bits per heavy atom. The molecule has 0 aliphatic carbocycles. The van der Waals surface area contributed by atoms with E-state index in [1.807, 2.05) is 11.3 Å². The lowest BCUT2D eigenvalue weighted by Gasteiger charge is -2.39. The minimum absolute atomic E-state index is 0.0253. The number of fused-ring (bicyclic) bond motifs is 6. The van der Waals surface area contributed by atoms with E-state index in [0.29, 0.717) is 0 Å². The SMILES string of the molecule is Cc1ccc2ccccc2c1-c1c2c(cc3ccccc13)B1c3c(cc(C(C)(C)C)cc3C2C)-c2cccc3c(-c4ccccc4)sc1c23. The molecule has 0 amide bonds. The Morgan fingerprint density at radius 2 is 1.33 bits per heavy atom. The third-order valence-electron chi connectivity index (χ3n) is 11.4. The third kappa shape index (κ3) is 4.05. The van der Waals surface area contributed by atoms with Crippen LogP contribution in [0.15, 0.2) is 127 Å². The van der Waals surface area contributed by atoms with Crippen LogP contribution in [-0.4, -0.2) is 6.71 Å². The van der Waals surface area contributed by atoms with Crippen LogP contribution in [0.4, 0.5) is 0 Å². The second-order valence-electron chi connectivity index (χ2n) is 15.3. The maximum atomic E-state index is 2.57. The van der Waals surface area contributed by atoms with Gasteiger partial charge in [0.2, 0.25) is 0 Å². The third-order valence-corrected chi connectivity index (χ3v) is 12.8. The van der Waals surface area contributed by atoms with Crippen LogP contribution >= 0.6 is 11.3 Å². The van der Waals surface area contributed by atoms with Crippen LogP contribution in [-0.2, 0) is 5.41 Å². The van der Waals surface area contributed by atoms with Gasteiger partial charge in [-0.2, -0.15) is 0 Å². The van der Waals surface area contributed by atoms with E-state index in [9.17, 15) is 0 Å². The van der Waals surface area contributed by atoms with E-state index in [-0.39, 0.29) is 18.0 Å². The predicted molar refractivity (Wildman–Crippen MR) is 215 cm³/mol. The summed E-state index contributed by atoms with van der Waals surface area (Å²) in [5.74, 6) is 0.231. The molecule has 10 rings (SSSR count). The number of rotatable bonds is 2. The Kier molecular flexibility index (Phi) is 6.10. The summed E-state index contributed by atoms with van der Waals surface area (Å²) >= 11 is 2.02. The summed E-state index contributed by atoms with van der Waals surface area (Å²) in [5.41, 5.74) is 15.7. The van der Waals surface area contributed by atoms with Gasteiger partial charge >= 0.3 is 0 Å². The van der Waals surface area contributed by atoms with Crippen molar-refractivity contribution in [1.82, 2.24) is 0 Å². The van der Waals surface area contributed by atoms with Crippen molar-refractivity contribution in [3.8, 4) is 32.7 Å². The van der Waals surface area contributed by atoms with E-state index in [1.54, 1.807) is 0 Å². The normalized spacial score (nSPS) is 14.8. The molecule has 0 nitrogen and oxygen atoms in total. The first-order chi connectivity index (χ1) is 23.8. The highest BCUT2D eigenvalue weighted by atomic mass is 32.1. The molecule has 1 unspecified atom stereocenters. The highest BCUT2D eigenvalue weighted by Crippen LogP contribution is 2.48. The monoisotopic (exact) mass is 644 g/mol. The fourth-order valence-electron chi connectivity index (χ4n) is 9.12. The molecule has 7 aromatic carbocycles. The Morgan fingerprint density at radius 1 is 0.633 bits per heavy atom. The van der Waals surface area contributed by atoms with Crippen molar-refractivity contribution >= 4 is 66.1 Å². The van der Waals surface area contributed by atoms with E-state index in [2.05, 4.69) is 162 Å². The minimum atomic E-state index is 0.0253. The second-order valence-corrected chi connectivity index (χ2v) is 16.3. The Hall–Kier alpha value is -4.92. The first kappa shape index (κ1) is 29.0. The molecule has 0 bridgehead atoms. The maximum Gasteiger partial charge on any atom is 0.256 e. The van der Waals surface area contributed by atoms with Crippen molar-refractivity contribution in [2.24, 2.45) is 0 Å². The lowest BCUT2D eigenvalue weighted by molar-refractivity contribution is 0.589. The lowest BCUT2D eigenvalue weighted by atomic mass is 9.32. The van der Waals surface area contributed by atoms with Gasteiger partial charge in [0, 0.05) is 16.2 Å². The number of aryl methyl sites for hydroxylation is 1. The zero-order chi connectivity index (χ0) is 33.2. The summed E-state index contributed by atoms with van der Waals surface area (Å²) in [6, 6.07) is 48.4. The van der Waals surface area contributed by atoms with Crippen LogP contribution < -0.4 is 15.7 Å². The Labute approximate surface area is 293 Å². The molecule has 0 N–H and O–H groups in total. The molecule has 0 spiro atoms. The first-order valence-corrected chi connectivity index (χ1v) is 18.4. The molecule has 49 heavy (non-hydrogen) atoms. The quantitative estimate of drug-likeness (QED) is 0.164. The van der Waals surface area contributed by atoms with Crippen LogP contribution in [0.2, 0.25) is 0 Å². The molecule has 2 aliphatic rings. The van der Waals surface area contributed by atoms with Crippen molar-refractivity contribution in [1.29, 1.82) is 0 Å². The van der Waals surface area contributed by atoms with Crippen LogP contribution in [0.25, 0.3) is 65.0 Å². The highest BCUT2D eigenvalue weighted by Gasteiger charge is 2.44. The van der Waals surface area contributed by atoms with Gasteiger partial charge in [-0.1, -0.05) is 166 Å². The summed E-state index contributed by atoms with van der Waals surface area (Å²) in [4.78, 5) is 1.38. The van der Waals surface area contributed by atoms with Gasteiger partial charge in [0.05, 0.1) is 0 Å². The van der Waals surface area contributed by atoms with Crippen molar-refractivity contribution < 1.29 is 0 Å². The second kappa shape index (κ2) is 10.3. The fourth-order valence-corrected chi connectivity index (χ4v) is 10.6. The molecular formula is C47H37BS. The standard InChI is InChI=1S/C47H37BS/c1-27-22-23-29-14-9-11-18-33(29)40(27)43-34-19-12-10-17-31(34)24-39-41(43)28(2)37-25-32(47(3,4)5)26-38-35-20-13-21-36-42(35)46(48(39)44(37)38)49-45(36)30-15-7-6-8-16-30/h6-26,28H,1-5H3. The number of thiophene rings is 1. The summed E-state index contributed by atoms with van der Waals surface area (Å²) < 4.78 is 1.49. The van der Waals surface area contributed by atoms with Gasteiger partial charge < -0.3 is 0 Å². The van der Waals surface area contributed by atoms with Crippen LogP contribution in [0.1, 0.15) is 55.9 Å². The average Bonchev–Trinajstić information content (AvgIpc) is 3.51. The highest BCUT2D eigenvalue weighted by molar-refractivity contribution is 7.32. The zero-order valence-electron chi connectivity index (χ0n) is 28.7. The van der Waals surface area contributed by atoms with Gasteiger partial charge in [0.25, 0.3) is 6.71 Å². The smallest absolute Gasteiger partial charge is 0.148 e. The largest absolute Gasteiger partial charge is 0.256 e. The van der Waals surface area contributed by atoms with Crippen LogP contribution in [0, 0.1) is 6.92 Å².